The molecule has 20 heavy (non-hydrogen) atoms. The number of likely N-dealkylation sites (N-methyl/N-ethyl adjacent to an activating group) is 1. The number of hydrogen-bond acceptors (Lipinski definition) is 3. The van der Waals surface area contributed by atoms with Gasteiger partial charge in [0.1, 0.15) is 5.75 Å². The summed E-state index contributed by atoms with van der Waals surface area (Å²) in [6.45, 7) is 8.96. The number of aryl methyl sites for hydroxylation is 1. The largest absolute Gasteiger partial charge is 0.493 e. The number of nitrogens with one attached hydrogen (secondary N) is 1. The molecule has 1 N–H and O–H groups in total. The van der Waals surface area contributed by atoms with Gasteiger partial charge >= 0.3 is 0 Å². The average Bonchev–Trinajstić information content (AvgIpc) is 2.91. The van der Waals surface area contributed by atoms with Gasteiger partial charge in [0.2, 0.25) is 0 Å². The lowest BCUT2D eigenvalue weighted by Gasteiger charge is -2.24. The van der Waals surface area contributed by atoms with Crippen molar-refractivity contribution in [1.29, 1.82) is 0 Å². The molecule has 1 aromatic rings. The van der Waals surface area contributed by atoms with Crippen molar-refractivity contribution < 1.29 is 9.47 Å². The number of hydrogen-bond donors (Lipinski definition) is 1. The van der Waals surface area contributed by atoms with Gasteiger partial charge in [0, 0.05) is 19.1 Å². The van der Waals surface area contributed by atoms with Crippen molar-refractivity contribution in [2.45, 2.75) is 52.2 Å². The highest BCUT2D eigenvalue weighted by molar-refractivity contribution is 5.39. The van der Waals surface area contributed by atoms with Crippen LogP contribution in [0.25, 0.3) is 0 Å². The van der Waals surface area contributed by atoms with Gasteiger partial charge in [0.05, 0.1) is 12.7 Å². The average molecular weight is 277 g/mol. The Morgan fingerprint density at radius 1 is 1.35 bits per heavy atom. The van der Waals surface area contributed by atoms with Crippen LogP contribution in [-0.2, 0) is 17.6 Å². The molecule has 3 nitrogen and oxygen atoms in total. The zero-order valence-electron chi connectivity index (χ0n) is 12.9. The van der Waals surface area contributed by atoms with Crippen molar-refractivity contribution in [3.8, 4) is 5.75 Å². The standard InChI is InChI=1S/C17H27NO2/c1-4-18-16(13(3)19-5-2)8-6-14-7-9-17-15(12-14)10-11-20-17/h7,9,12-13,16,18H,4-6,8,10-11H2,1-3H3. The highest BCUT2D eigenvalue weighted by Crippen LogP contribution is 2.26. The van der Waals surface area contributed by atoms with Gasteiger partial charge < -0.3 is 14.8 Å². The lowest BCUT2D eigenvalue weighted by molar-refractivity contribution is 0.0458. The van der Waals surface area contributed by atoms with Crippen LogP contribution in [0, 0.1) is 0 Å². The van der Waals surface area contributed by atoms with Crippen LogP contribution >= 0.6 is 0 Å². The summed E-state index contributed by atoms with van der Waals surface area (Å²) < 4.78 is 11.3. The lowest BCUT2D eigenvalue weighted by Crippen LogP contribution is -2.40. The van der Waals surface area contributed by atoms with Gasteiger partial charge in [-0.05, 0) is 50.4 Å². The molecule has 1 heterocycles. The third-order valence-electron chi connectivity index (χ3n) is 3.96. The Kier molecular flexibility index (Phi) is 5.86. The van der Waals surface area contributed by atoms with E-state index in [0.29, 0.717) is 6.04 Å². The molecule has 0 aromatic heterocycles. The van der Waals surface area contributed by atoms with Gasteiger partial charge in [-0.3, -0.25) is 0 Å². The van der Waals surface area contributed by atoms with E-state index in [-0.39, 0.29) is 6.10 Å². The molecule has 0 saturated carbocycles. The van der Waals surface area contributed by atoms with Crippen molar-refractivity contribution in [3.05, 3.63) is 29.3 Å². The fraction of sp³-hybridized carbons (Fsp3) is 0.647. The van der Waals surface area contributed by atoms with E-state index in [1.165, 1.54) is 11.1 Å². The molecule has 1 aliphatic heterocycles. The molecule has 0 radical (unpaired) electrons. The van der Waals surface area contributed by atoms with Crippen LogP contribution in [0.4, 0.5) is 0 Å². The molecule has 2 atom stereocenters. The molecule has 0 fully saturated rings. The Bertz CT molecular complexity index is 419. The third kappa shape index (κ3) is 3.97. The molecular weight excluding hydrogens is 250 g/mol. The second-order valence-electron chi connectivity index (χ2n) is 5.40. The monoisotopic (exact) mass is 277 g/mol. The van der Waals surface area contributed by atoms with Gasteiger partial charge in [-0.15, -0.1) is 0 Å². The number of fused-ring (bicyclic) bond motifs is 1. The summed E-state index contributed by atoms with van der Waals surface area (Å²) in [6, 6.07) is 7.03. The minimum absolute atomic E-state index is 0.262. The van der Waals surface area contributed by atoms with Crippen molar-refractivity contribution in [3.63, 3.8) is 0 Å². The van der Waals surface area contributed by atoms with Crippen LogP contribution in [0.3, 0.4) is 0 Å². The fourth-order valence-corrected chi connectivity index (χ4v) is 2.86. The smallest absolute Gasteiger partial charge is 0.122 e. The van der Waals surface area contributed by atoms with Crippen molar-refractivity contribution >= 4 is 0 Å². The van der Waals surface area contributed by atoms with Crippen LogP contribution < -0.4 is 10.1 Å². The van der Waals surface area contributed by atoms with E-state index in [9.17, 15) is 0 Å². The number of ether oxygens (including phenoxy) is 2. The normalized spacial score (nSPS) is 16.6. The Morgan fingerprint density at radius 2 is 2.20 bits per heavy atom. The minimum Gasteiger partial charge on any atom is -0.493 e. The predicted octanol–water partition coefficient (Wildman–Crippen LogP) is 2.96. The molecule has 1 aromatic carbocycles. The maximum atomic E-state index is 5.74. The van der Waals surface area contributed by atoms with Crippen molar-refractivity contribution in [2.75, 3.05) is 19.8 Å². The van der Waals surface area contributed by atoms with Crippen molar-refractivity contribution in [1.82, 2.24) is 5.32 Å². The molecule has 2 unspecified atom stereocenters. The van der Waals surface area contributed by atoms with Gasteiger partial charge in [0.15, 0.2) is 0 Å². The first-order valence-electron chi connectivity index (χ1n) is 7.84. The lowest BCUT2D eigenvalue weighted by atomic mass is 9.99. The quantitative estimate of drug-likeness (QED) is 0.792. The highest BCUT2D eigenvalue weighted by Gasteiger charge is 2.17. The molecule has 1 aliphatic rings. The van der Waals surface area contributed by atoms with E-state index in [2.05, 4.69) is 44.3 Å². The topological polar surface area (TPSA) is 30.5 Å². The maximum Gasteiger partial charge on any atom is 0.122 e. The first kappa shape index (κ1) is 15.3. The van der Waals surface area contributed by atoms with E-state index >= 15 is 0 Å². The number of rotatable bonds is 8. The summed E-state index contributed by atoms with van der Waals surface area (Å²) in [5.74, 6) is 1.07. The van der Waals surface area contributed by atoms with E-state index in [1.54, 1.807) is 0 Å². The molecular formula is C17H27NO2. The Balaban J connectivity index is 1.91. The molecule has 0 amide bonds. The summed E-state index contributed by atoms with van der Waals surface area (Å²) in [5.41, 5.74) is 2.77. The van der Waals surface area contributed by atoms with Crippen LogP contribution in [-0.4, -0.2) is 31.9 Å². The van der Waals surface area contributed by atoms with E-state index in [0.717, 1.165) is 44.8 Å². The minimum atomic E-state index is 0.262. The second-order valence-corrected chi connectivity index (χ2v) is 5.40. The Morgan fingerprint density at radius 3 is 2.95 bits per heavy atom. The molecule has 2 rings (SSSR count). The van der Waals surface area contributed by atoms with Gasteiger partial charge in [-0.25, -0.2) is 0 Å². The summed E-state index contributed by atoms with van der Waals surface area (Å²) in [4.78, 5) is 0. The fourth-order valence-electron chi connectivity index (χ4n) is 2.86. The Hall–Kier alpha value is -1.06. The molecule has 3 heteroatoms. The summed E-state index contributed by atoms with van der Waals surface area (Å²) in [6.07, 6.45) is 3.50. The van der Waals surface area contributed by atoms with Crippen LogP contribution in [0.5, 0.6) is 5.75 Å². The zero-order chi connectivity index (χ0) is 14.4. The zero-order valence-corrected chi connectivity index (χ0v) is 12.9. The van der Waals surface area contributed by atoms with Crippen LogP contribution in [0.15, 0.2) is 18.2 Å². The van der Waals surface area contributed by atoms with E-state index in [4.69, 9.17) is 9.47 Å². The first-order valence-corrected chi connectivity index (χ1v) is 7.84. The summed E-state index contributed by atoms with van der Waals surface area (Å²) in [5, 5.41) is 3.54. The van der Waals surface area contributed by atoms with Gasteiger partial charge in [-0.2, -0.15) is 0 Å². The van der Waals surface area contributed by atoms with Gasteiger partial charge in [-0.1, -0.05) is 19.1 Å². The summed E-state index contributed by atoms with van der Waals surface area (Å²) in [7, 11) is 0. The molecule has 0 bridgehead atoms. The van der Waals surface area contributed by atoms with Gasteiger partial charge in [0.25, 0.3) is 0 Å². The van der Waals surface area contributed by atoms with Crippen LogP contribution in [0.2, 0.25) is 0 Å². The second kappa shape index (κ2) is 7.65. The molecule has 0 spiro atoms. The van der Waals surface area contributed by atoms with E-state index < -0.39 is 0 Å². The number of benzene rings is 1. The van der Waals surface area contributed by atoms with E-state index in [1.807, 2.05) is 0 Å². The Labute approximate surface area is 122 Å². The van der Waals surface area contributed by atoms with Crippen molar-refractivity contribution in [2.24, 2.45) is 0 Å². The third-order valence-corrected chi connectivity index (χ3v) is 3.96. The first-order chi connectivity index (χ1) is 9.74. The molecule has 112 valence electrons. The summed E-state index contributed by atoms with van der Waals surface area (Å²) >= 11 is 0. The maximum absolute atomic E-state index is 5.74. The molecule has 0 saturated heterocycles. The van der Waals surface area contributed by atoms with Crippen LogP contribution in [0.1, 0.15) is 38.3 Å². The highest BCUT2D eigenvalue weighted by atomic mass is 16.5. The predicted molar refractivity (Wildman–Crippen MR) is 82.5 cm³/mol. The SMILES string of the molecule is CCNC(CCc1ccc2c(c1)CCO2)C(C)OCC. The molecule has 0 aliphatic carbocycles.